The fraction of sp³-hybridized carbons (Fsp3) is 0.350. The van der Waals surface area contributed by atoms with E-state index in [-0.39, 0.29) is 10.8 Å². The first-order chi connectivity index (χ1) is 12.3. The smallest absolute Gasteiger partial charge is 0.258 e. The number of sulfonamides is 1. The van der Waals surface area contributed by atoms with Crippen LogP contribution in [0.15, 0.2) is 59.5 Å². The lowest BCUT2D eigenvalue weighted by Crippen LogP contribution is -2.30. The number of hydrogen-bond donors (Lipinski definition) is 1. The zero-order chi connectivity index (χ0) is 19.2. The maximum Gasteiger partial charge on any atom is 0.258 e. The molecule has 0 heterocycles. The third-order valence-electron chi connectivity index (χ3n) is 4.05. The summed E-state index contributed by atoms with van der Waals surface area (Å²) in [6, 6.07) is 15.5. The van der Waals surface area contributed by atoms with Gasteiger partial charge in [-0.2, -0.15) is 0 Å². The fourth-order valence-electron chi connectivity index (χ4n) is 2.55. The summed E-state index contributed by atoms with van der Waals surface area (Å²) in [4.78, 5) is 14.6. The Labute approximate surface area is 156 Å². The van der Waals surface area contributed by atoms with Gasteiger partial charge in [0, 0.05) is 24.3 Å². The van der Waals surface area contributed by atoms with Gasteiger partial charge in [0.05, 0.1) is 4.90 Å². The van der Waals surface area contributed by atoms with Crippen LogP contribution < -0.4 is 9.62 Å². The first-order valence-electron chi connectivity index (χ1n) is 8.81. The number of benzene rings is 2. The lowest BCUT2D eigenvalue weighted by atomic mass is 10.1. The first kappa shape index (κ1) is 20.1. The molecule has 0 spiro atoms. The minimum atomic E-state index is -3.55. The van der Waals surface area contributed by atoms with Crippen LogP contribution in [-0.4, -0.2) is 27.4 Å². The van der Waals surface area contributed by atoms with Gasteiger partial charge >= 0.3 is 0 Å². The molecule has 0 radical (unpaired) electrons. The van der Waals surface area contributed by atoms with Crippen molar-refractivity contribution < 1.29 is 13.2 Å². The molecule has 0 aliphatic heterocycles. The number of carbonyl (C=O) groups is 1. The van der Waals surface area contributed by atoms with E-state index in [1.807, 2.05) is 51.1 Å². The van der Waals surface area contributed by atoms with Gasteiger partial charge in [-0.1, -0.05) is 32.0 Å². The van der Waals surface area contributed by atoms with Crippen molar-refractivity contribution >= 4 is 21.6 Å². The Morgan fingerprint density at radius 3 is 2.19 bits per heavy atom. The van der Waals surface area contributed by atoms with Gasteiger partial charge in [0.1, 0.15) is 0 Å². The van der Waals surface area contributed by atoms with E-state index in [1.54, 1.807) is 17.0 Å². The van der Waals surface area contributed by atoms with Gasteiger partial charge in [0.2, 0.25) is 10.0 Å². The van der Waals surface area contributed by atoms with Gasteiger partial charge in [-0.3, -0.25) is 4.79 Å². The second-order valence-electron chi connectivity index (χ2n) is 6.49. The van der Waals surface area contributed by atoms with Crippen molar-refractivity contribution in [2.75, 3.05) is 18.0 Å². The molecule has 2 rings (SSSR count). The van der Waals surface area contributed by atoms with E-state index in [9.17, 15) is 13.2 Å². The summed E-state index contributed by atoms with van der Waals surface area (Å²) < 4.78 is 27.2. The number of rotatable bonds is 8. The van der Waals surface area contributed by atoms with E-state index < -0.39 is 10.0 Å². The minimum Gasteiger partial charge on any atom is -0.309 e. The predicted octanol–water partition coefficient (Wildman–Crippen LogP) is 3.68. The van der Waals surface area contributed by atoms with Crippen LogP contribution in [0.1, 0.15) is 37.6 Å². The molecule has 0 saturated heterocycles. The van der Waals surface area contributed by atoms with Crippen molar-refractivity contribution in [1.82, 2.24) is 4.72 Å². The first-order valence-corrected chi connectivity index (χ1v) is 10.3. The number of carbonyl (C=O) groups excluding carboxylic acids is 1. The Hall–Kier alpha value is -2.18. The van der Waals surface area contributed by atoms with Crippen LogP contribution in [0.5, 0.6) is 0 Å². The average Bonchev–Trinajstić information content (AvgIpc) is 2.63. The Bertz CT molecular complexity index is 816. The van der Waals surface area contributed by atoms with E-state index in [2.05, 4.69) is 4.72 Å². The number of amides is 1. The summed E-state index contributed by atoms with van der Waals surface area (Å²) in [5.74, 6) is 0.270. The predicted molar refractivity (Wildman–Crippen MR) is 105 cm³/mol. The zero-order valence-electron chi connectivity index (χ0n) is 15.5. The topological polar surface area (TPSA) is 66.5 Å². The summed E-state index contributed by atoms with van der Waals surface area (Å²) in [6.07, 6.45) is 0.776. The molecule has 0 fully saturated rings. The van der Waals surface area contributed by atoms with E-state index >= 15 is 0 Å². The standard InChI is InChI=1S/C20H26N2O3S/c1-4-22(18-8-6-5-7-9-18)20(23)17-10-12-19(13-11-17)26(24,25)21-15-14-16(2)3/h5-13,16,21H,4,14-15H2,1-3H3. The molecule has 2 aromatic carbocycles. The molecular formula is C20H26N2O3S. The van der Waals surface area contributed by atoms with Crippen molar-refractivity contribution in [2.24, 2.45) is 5.92 Å². The van der Waals surface area contributed by atoms with Crippen molar-refractivity contribution in [3.8, 4) is 0 Å². The Morgan fingerprint density at radius 1 is 1.04 bits per heavy atom. The van der Waals surface area contributed by atoms with Crippen molar-refractivity contribution in [3.63, 3.8) is 0 Å². The van der Waals surface area contributed by atoms with Crippen LogP contribution in [0.4, 0.5) is 5.69 Å². The monoisotopic (exact) mass is 374 g/mol. The summed E-state index contributed by atoms with van der Waals surface area (Å²) >= 11 is 0. The highest BCUT2D eigenvalue weighted by Crippen LogP contribution is 2.18. The van der Waals surface area contributed by atoms with Gasteiger partial charge in [-0.25, -0.2) is 13.1 Å². The molecule has 1 amide bonds. The summed E-state index contributed by atoms with van der Waals surface area (Å²) in [6.45, 7) is 6.92. The SMILES string of the molecule is CCN(C(=O)c1ccc(S(=O)(=O)NCCC(C)C)cc1)c1ccccc1. The molecule has 0 aromatic heterocycles. The number of nitrogens with zero attached hydrogens (tertiary/aromatic N) is 1. The average molecular weight is 375 g/mol. The molecule has 26 heavy (non-hydrogen) atoms. The summed E-state index contributed by atoms with van der Waals surface area (Å²) in [5, 5.41) is 0. The molecule has 140 valence electrons. The van der Waals surface area contributed by atoms with E-state index in [4.69, 9.17) is 0 Å². The Balaban J connectivity index is 2.14. The van der Waals surface area contributed by atoms with E-state index in [0.29, 0.717) is 24.6 Å². The Kier molecular flexibility index (Phi) is 6.94. The summed E-state index contributed by atoms with van der Waals surface area (Å²) in [7, 11) is -3.55. The number of anilines is 1. The highest BCUT2D eigenvalue weighted by atomic mass is 32.2. The molecule has 0 saturated carbocycles. The molecule has 0 unspecified atom stereocenters. The molecule has 0 aliphatic rings. The van der Waals surface area contributed by atoms with Crippen LogP contribution in [-0.2, 0) is 10.0 Å². The van der Waals surface area contributed by atoms with Gasteiger partial charge in [-0.15, -0.1) is 0 Å². The lowest BCUT2D eigenvalue weighted by Gasteiger charge is -2.21. The number of para-hydroxylation sites is 1. The molecule has 5 nitrogen and oxygen atoms in total. The number of nitrogens with one attached hydrogen (secondary N) is 1. The zero-order valence-corrected chi connectivity index (χ0v) is 16.3. The largest absolute Gasteiger partial charge is 0.309 e. The van der Waals surface area contributed by atoms with Gasteiger partial charge < -0.3 is 4.90 Å². The van der Waals surface area contributed by atoms with Crippen LogP contribution in [0, 0.1) is 5.92 Å². The molecule has 2 aromatic rings. The normalized spacial score (nSPS) is 11.5. The van der Waals surface area contributed by atoms with E-state index in [1.165, 1.54) is 12.1 Å². The quantitative estimate of drug-likeness (QED) is 0.766. The molecule has 0 atom stereocenters. The van der Waals surface area contributed by atoms with Crippen molar-refractivity contribution in [2.45, 2.75) is 32.1 Å². The highest BCUT2D eigenvalue weighted by Gasteiger charge is 2.18. The maximum atomic E-state index is 12.7. The lowest BCUT2D eigenvalue weighted by molar-refractivity contribution is 0.0988. The van der Waals surface area contributed by atoms with Crippen LogP contribution in [0.2, 0.25) is 0 Å². The molecule has 6 heteroatoms. The van der Waals surface area contributed by atoms with Gasteiger partial charge in [0.15, 0.2) is 0 Å². The van der Waals surface area contributed by atoms with Crippen molar-refractivity contribution in [3.05, 3.63) is 60.2 Å². The second kappa shape index (κ2) is 8.96. The molecular weight excluding hydrogens is 348 g/mol. The van der Waals surface area contributed by atoms with E-state index in [0.717, 1.165) is 12.1 Å². The molecule has 0 aliphatic carbocycles. The van der Waals surface area contributed by atoms with Crippen LogP contribution in [0.3, 0.4) is 0 Å². The molecule has 0 bridgehead atoms. The number of hydrogen-bond acceptors (Lipinski definition) is 3. The summed E-state index contributed by atoms with van der Waals surface area (Å²) in [5.41, 5.74) is 1.27. The fourth-order valence-corrected chi connectivity index (χ4v) is 3.60. The minimum absolute atomic E-state index is 0.157. The second-order valence-corrected chi connectivity index (χ2v) is 8.26. The maximum absolute atomic E-state index is 12.7. The molecule has 1 N–H and O–H groups in total. The highest BCUT2D eigenvalue weighted by molar-refractivity contribution is 7.89. The van der Waals surface area contributed by atoms with Gasteiger partial charge in [0.25, 0.3) is 5.91 Å². The van der Waals surface area contributed by atoms with Crippen LogP contribution >= 0.6 is 0 Å². The third kappa shape index (κ3) is 5.16. The van der Waals surface area contributed by atoms with Crippen molar-refractivity contribution in [1.29, 1.82) is 0 Å². The van der Waals surface area contributed by atoms with Gasteiger partial charge in [-0.05, 0) is 55.7 Å². The third-order valence-corrected chi connectivity index (χ3v) is 5.53. The van der Waals surface area contributed by atoms with Crippen LogP contribution in [0.25, 0.3) is 0 Å². The Morgan fingerprint density at radius 2 is 1.65 bits per heavy atom.